The number of aryl methyl sites for hydroxylation is 4. The van der Waals surface area contributed by atoms with Crippen LogP contribution in [0.3, 0.4) is 0 Å². The molecule has 0 fully saturated rings. The first-order valence-corrected chi connectivity index (χ1v) is 29.2. The van der Waals surface area contributed by atoms with Crippen molar-refractivity contribution >= 4 is 97.7 Å². The molecule has 20 nitrogen and oxygen atoms in total. The number of alkyl halides is 1. The van der Waals surface area contributed by atoms with E-state index >= 15 is 0 Å². The molecule has 0 bridgehead atoms. The third-order valence-electron chi connectivity index (χ3n) is 11.3. The van der Waals surface area contributed by atoms with Crippen molar-refractivity contribution in [1.82, 2.24) is 45.4 Å². The lowest BCUT2D eigenvalue weighted by Gasteiger charge is -2.16. The quantitative estimate of drug-likeness (QED) is 0.00992. The first-order valence-electron chi connectivity index (χ1n) is 26.6. The van der Waals surface area contributed by atoms with E-state index in [1.807, 2.05) is 145 Å². The highest BCUT2D eigenvalue weighted by Crippen LogP contribution is 2.25. The Morgan fingerprint density at radius 1 is 0.686 bits per heavy atom. The number of thiazole rings is 1. The number of aromatic nitrogens is 5. The second kappa shape index (κ2) is 43.2. The van der Waals surface area contributed by atoms with Crippen molar-refractivity contribution in [2.75, 3.05) is 74.9 Å². The number of nitrogens with one attached hydrogen (secondary N) is 5. The molecule has 468 valence electrons. The van der Waals surface area contributed by atoms with Crippen LogP contribution in [-0.2, 0) is 35.7 Å². The number of Topliss-reactive ketones (excluding diaryl/α,β-unsaturated/α-hetero) is 2. The molecule has 86 heavy (non-hydrogen) atoms. The number of aliphatic imine (C=N–C) groups is 1. The van der Waals surface area contributed by atoms with Crippen LogP contribution in [0, 0.1) is 27.7 Å². The normalized spacial score (nSPS) is 10.3. The van der Waals surface area contributed by atoms with E-state index in [-0.39, 0.29) is 23.7 Å². The van der Waals surface area contributed by atoms with Crippen LogP contribution >= 0.6 is 59.6 Å². The number of hydrogen-bond donors (Lipinski definition) is 7. The van der Waals surface area contributed by atoms with Gasteiger partial charge in [-0.1, -0.05) is 72.1 Å². The van der Waals surface area contributed by atoms with Gasteiger partial charge in [0.1, 0.15) is 35.0 Å². The average Bonchev–Trinajstić information content (AvgIpc) is 4.40. The standard InChI is InChI=1S/C14H16N2O2S.C13H19N3OS.C10H14N2OS.C9H13NO.C7H6N4S.C5H13NO.C3H5ClO/c1-9-4-5-11(12(6-9)18-3)7-15-14-16-8-13(19-14)10(2)17;1-10-5-6-11(12(7-10)17-4)8-14-13(18)15-9-16(2)3;1-7-3-4-8(6-12-10(11)14)9(5-7)13-2;1-7-3-4-8(6-10)9(5-7)11-2;12-7(5-1-8-3-10-5)6-2-9-4-11-6;1-5(7-4)6(2)3;1-3(5)2-4/h4-6,8H,7H2,1-3H3,(H,15,16);5-7,9H,8H2,1-4H3,(H,14,18);3-5H,6H2,1-2H3,(H3,11,12,14);3-5H,6,10H2,1-2H3;1-4H,(H,8,10)(H,9,11);5H,1-4H3;2H2,1H3. The minimum atomic E-state index is 0.0201. The Kier molecular flexibility index (Phi) is 38.5. The van der Waals surface area contributed by atoms with Gasteiger partial charge in [-0.3, -0.25) is 14.5 Å². The average molecular weight is 1280 g/mol. The molecule has 0 amide bonds. The van der Waals surface area contributed by atoms with E-state index in [2.05, 4.69) is 45.9 Å². The molecule has 0 aliphatic heterocycles. The van der Waals surface area contributed by atoms with Gasteiger partial charge in [0.2, 0.25) is 0 Å². The van der Waals surface area contributed by atoms with E-state index in [1.165, 1.54) is 35.0 Å². The molecular weight excluding hydrogens is 1190 g/mol. The number of methoxy groups -OCH3 is 5. The van der Waals surface area contributed by atoms with Crippen molar-refractivity contribution < 1.29 is 33.3 Å². The van der Waals surface area contributed by atoms with Crippen LogP contribution in [0.25, 0.3) is 0 Å². The molecule has 0 aliphatic carbocycles. The molecule has 9 N–H and O–H groups in total. The maximum Gasteiger partial charge on any atom is 0.194 e. The minimum absolute atomic E-state index is 0.0201. The summed E-state index contributed by atoms with van der Waals surface area (Å²) in [4.78, 5) is 47.9. The zero-order valence-electron chi connectivity index (χ0n) is 52.2. The Bertz CT molecular complexity index is 3110. The van der Waals surface area contributed by atoms with Gasteiger partial charge in [-0.25, -0.2) is 19.9 Å². The zero-order chi connectivity index (χ0) is 64.7. The number of rotatable bonds is 19. The van der Waals surface area contributed by atoms with Crippen LogP contribution in [0.2, 0.25) is 0 Å². The molecule has 4 aromatic carbocycles. The second-order valence-corrected chi connectivity index (χ2v) is 21.4. The Morgan fingerprint density at radius 3 is 1.41 bits per heavy atom. The highest BCUT2D eigenvalue weighted by Gasteiger charge is 2.10. The number of aromatic amines is 2. The molecule has 0 spiro atoms. The highest BCUT2D eigenvalue weighted by atomic mass is 35.5. The van der Waals surface area contributed by atoms with Gasteiger partial charge in [0.15, 0.2) is 21.1 Å². The summed E-state index contributed by atoms with van der Waals surface area (Å²) in [7, 11) is 16.1. The van der Waals surface area contributed by atoms with Gasteiger partial charge in [-0.05, 0) is 127 Å². The fourth-order valence-electron chi connectivity index (χ4n) is 6.39. The Balaban J connectivity index is 0.000000518. The molecule has 0 radical (unpaired) electrons. The van der Waals surface area contributed by atoms with Gasteiger partial charge in [-0.2, -0.15) is 0 Å². The third-order valence-corrected chi connectivity index (χ3v) is 13.6. The Hall–Kier alpha value is -7.42. The molecule has 1 atom stereocenters. The van der Waals surface area contributed by atoms with E-state index in [9.17, 15) is 9.59 Å². The van der Waals surface area contributed by atoms with Crippen molar-refractivity contribution in [3.8, 4) is 23.0 Å². The maximum absolute atomic E-state index is 11.2. The summed E-state index contributed by atoms with van der Waals surface area (Å²) in [5, 5.41) is 10.7. The molecule has 7 aromatic rings. The van der Waals surface area contributed by atoms with Crippen molar-refractivity contribution in [3.63, 3.8) is 0 Å². The van der Waals surface area contributed by atoms with E-state index < -0.39 is 0 Å². The largest absolute Gasteiger partial charge is 0.496 e. The van der Waals surface area contributed by atoms with Crippen molar-refractivity contribution in [3.05, 3.63) is 165 Å². The number of ether oxygens (including phenoxy) is 5. The van der Waals surface area contributed by atoms with Crippen LogP contribution in [0.5, 0.6) is 23.0 Å². The van der Waals surface area contributed by atoms with Gasteiger partial charge < -0.3 is 66.0 Å². The fourth-order valence-corrected chi connectivity index (χ4v) is 7.51. The number of H-pyrrole nitrogens is 2. The van der Waals surface area contributed by atoms with Gasteiger partial charge in [0, 0.05) is 76.6 Å². The van der Waals surface area contributed by atoms with Crippen molar-refractivity contribution in [2.24, 2.45) is 16.5 Å². The van der Waals surface area contributed by atoms with Crippen LogP contribution < -0.4 is 46.4 Å². The predicted octanol–water partition coefficient (Wildman–Crippen LogP) is 10.3. The van der Waals surface area contributed by atoms with Crippen LogP contribution in [-0.4, -0.2) is 144 Å². The molecule has 0 aliphatic rings. The molecular formula is C61H86ClN13O7S4. The summed E-state index contributed by atoms with van der Waals surface area (Å²) in [6.07, 6.45) is 10.1. The number of benzene rings is 4. The number of nitrogens with zero attached hydrogens (tertiary/aromatic N) is 6. The summed E-state index contributed by atoms with van der Waals surface area (Å²) >= 11 is 21.3. The summed E-state index contributed by atoms with van der Waals surface area (Å²) in [5.74, 6) is 3.66. The molecule has 7 rings (SSSR count). The van der Waals surface area contributed by atoms with Gasteiger partial charge in [0.25, 0.3) is 0 Å². The Labute approximate surface area is 533 Å². The number of ketones is 2. The Morgan fingerprint density at radius 2 is 1.09 bits per heavy atom. The number of imidazole rings is 2. The minimum Gasteiger partial charge on any atom is -0.496 e. The summed E-state index contributed by atoms with van der Waals surface area (Å²) < 4.78 is 26.0. The van der Waals surface area contributed by atoms with Gasteiger partial charge >= 0.3 is 0 Å². The number of carbonyl (C=O) groups excluding carboxylic acids is 2. The second-order valence-electron chi connectivity index (χ2n) is 18.9. The summed E-state index contributed by atoms with van der Waals surface area (Å²) in [6.45, 7) is 15.5. The number of carbonyl (C=O) groups is 2. The monoisotopic (exact) mass is 1280 g/mol. The predicted molar refractivity (Wildman–Crippen MR) is 363 cm³/mol. The highest BCUT2D eigenvalue weighted by molar-refractivity contribution is 7.81. The number of nitrogens with two attached hydrogens (primary N) is 2. The fraction of sp³-hybridized carbons (Fsp3) is 0.361. The number of anilines is 1. The maximum atomic E-state index is 11.2. The SMILES string of the molecule is CC(=O)CCl.COC(C)N(C)C.COc1cc(C)ccc1CN.COc1cc(C)ccc1CNC(=S)N=CN(C)C.COc1cc(C)ccc1CNC(N)=S.COc1cc(C)ccc1CNc1ncc(C(C)=O)s1.S=C(c1cnc[nH]1)c1cnc[nH]1. The van der Waals surface area contributed by atoms with E-state index in [1.54, 1.807) is 80.1 Å². The molecule has 0 saturated carbocycles. The number of thiocarbonyl (C=S) groups is 3. The summed E-state index contributed by atoms with van der Waals surface area (Å²) in [6, 6.07) is 24.2. The number of hydrogen-bond acceptors (Lipinski definition) is 17. The molecule has 3 aromatic heterocycles. The number of halogens is 1. The lowest BCUT2D eigenvalue weighted by Crippen LogP contribution is -2.28. The van der Waals surface area contributed by atoms with Gasteiger partial charge in [-0.15, -0.1) is 11.6 Å². The van der Waals surface area contributed by atoms with Crippen LogP contribution in [0.4, 0.5) is 5.13 Å². The smallest absolute Gasteiger partial charge is 0.194 e. The molecule has 25 heteroatoms. The third kappa shape index (κ3) is 31.6. The van der Waals surface area contributed by atoms with E-state index in [0.717, 1.165) is 67.3 Å². The topological polar surface area (TPSA) is 258 Å². The van der Waals surface area contributed by atoms with Crippen LogP contribution in [0.1, 0.15) is 86.3 Å². The first kappa shape index (κ1) is 76.6. The van der Waals surface area contributed by atoms with E-state index in [0.29, 0.717) is 46.1 Å². The molecule has 0 saturated heterocycles. The molecule has 1 unspecified atom stereocenters. The lowest BCUT2D eigenvalue weighted by molar-refractivity contribution is -0.114. The van der Waals surface area contributed by atoms with Crippen LogP contribution in [0.15, 0.2) is 109 Å². The lowest BCUT2D eigenvalue weighted by atomic mass is 10.1. The van der Waals surface area contributed by atoms with Crippen molar-refractivity contribution in [2.45, 2.75) is 80.9 Å². The summed E-state index contributed by atoms with van der Waals surface area (Å²) in [5.41, 5.74) is 21.4. The van der Waals surface area contributed by atoms with Crippen molar-refractivity contribution in [1.29, 1.82) is 0 Å². The first-order chi connectivity index (χ1) is 40.9. The van der Waals surface area contributed by atoms with E-state index in [4.69, 9.17) is 83.4 Å². The van der Waals surface area contributed by atoms with Gasteiger partial charge in [0.05, 0.1) is 93.0 Å². The molecule has 3 heterocycles. The zero-order valence-corrected chi connectivity index (χ0v) is 56.2.